The number of hydrogen-bond acceptors (Lipinski definition) is 2. The molecule has 0 bridgehead atoms. The Morgan fingerprint density at radius 1 is 0.311 bits per heavy atom. The molecule has 0 N–H and O–H groups in total. The monoisotopic (exact) mass is 632 g/mol. The maximum atomic E-state index is 7.86. The zero-order valence-electron chi connectivity index (χ0n) is 25.2. The van der Waals surface area contributed by atoms with Crippen LogP contribution in [0.3, 0.4) is 0 Å². The van der Waals surface area contributed by atoms with E-state index >= 15 is 0 Å². The summed E-state index contributed by atoms with van der Waals surface area (Å²) >= 11 is 0. The van der Waals surface area contributed by atoms with E-state index in [4.69, 9.17) is 8.23 Å². The Balaban J connectivity index is 1.65. The van der Waals surface area contributed by atoms with Crippen LogP contribution in [0.25, 0.3) is 0 Å². The standard InChI is InChI=1S/C40H36O2Si3/c1-3-43(4-2,41-44(35-23-11-5-12-24-35,36-25-13-6-14-26-36)37-27-15-7-16-28-37)42-45(38-29-17-8-18-30-38,39-31-19-9-20-32-39)40-33-21-10-22-34-40/h3-34H,1-2H2. The molecule has 5 heteroatoms. The molecule has 220 valence electrons. The quantitative estimate of drug-likeness (QED) is 0.136. The molecule has 2 nitrogen and oxygen atoms in total. The first-order chi connectivity index (χ1) is 22.2. The average Bonchev–Trinajstić information content (AvgIpc) is 3.14. The van der Waals surface area contributed by atoms with Crippen molar-refractivity contribution >= 4 is 56.3 Å². The van der Waals surface area contributed by atoms with E-state index in [-0.39, 0.29) is 0 Å². The van der Waals surface area contributed by atoms with Gasteiger partial charge in [-0.2, -0.15) is 0 Å². The molecule has 0 aromatic heterocycles. The lowest BCUT2D eigenvalue weighted by Crippen LogP contribution is -2.77. The van der Waals surface area contributed by atoms with E-state index in [1.54, 1.807) is 0 Å². The van der Waals surface area contributed by atoms with Crippen LogP contribution in [0.4, 0.5) is 0 Å². The largest absolute Gasteiger partial charge is 0.419 e. The van der Waals surface area contributed by atoms with E-state index in [1.807, 2.05) is 11.4 Å². The Kier molecular flexibility index (Phi) is 9.16. The highest BCUT2D eigenvalue weighted by atomic mass is 28.5. The summed E-state index contributed by atoms with van der Waals surface area (Å²) in [6.07, 6.45) is 0. The number of benzene rings is 6. The lowest BCUT2D eigenvalue weighted by atomic mass is 10.3. The van der Waals surface area contributed by atoms with Crippen molar-refractivity contribution in [1.82, 2.24) is 0 Å². The summed E-state index contributed by atoms with van der Waals surface area (Å²) in [6.45, 7) is 8.84. The molecule has 6 aromatic carbocycles. The van der Waals surface area contributed by atoms with Crippen LogP contribution in [0.5, 0.6) is 0 Å². The van der Waals surface area contributed by atoms with E-state index in [0.29, 0.717) is 0 Å². The summed E-state index contributed by atoms with van der Waals surface area (Å²) in [4.78, 5) is 0. The molecule has 0 aliphatic rings. The molecule has 0 atom stereocenters. The van der Waals surface area contributed by atoms with Crippen molar-refractivity contribution in [2.24, 2.45) is 0 Å². The average molecular weight is 633 g/mol. The highest BCUT2D eigenvalue weighted by Gasteiger charge is 2.54. The fourth-order valence-corrected chi connectivity index (χ4v) is 20.8. The summed E-state index contributed by atoms with van der Waals surface area (Å²) in [7, 11) is -9.83. The summed E-state index contributed by atoms with van der Waals surface area (Å²) in [6, 6.07) is 63.7. The van der Waals surface area contributed by atoms with Gasteiger partial charge < -0.3 is 8.23 Å². The summed E-state index contributed by atoms with van der Waals surface area (Å²) in [5.41, 5.74) is 3.85. The SMILES string of the molecule is C=C[Si](C=C)(O[Si](c1ccccc1)(c1ccccc1)c1ccccc1)O[Si](c1ccccc1)(c1ccccc1)c1ccccc1. The van der Waals surface area contributed by atoms with Crippen LogP contribution in [0.2, 0.25) is 0 Å². The van der Waals surface area contributed by atoms with Crippen LogP contribution in [0, 0.1) is 0 Å². The third kappa shape index (κ3) is 5.80. The molecular weight excluding hydrogens is 597 g/mol. The lowest BCUT2D eigenvalue weighted by Gasteiger charge is -2.45. The van der Waals surface area contributed by atoms with Crippen LogP contribution in [0.15, 0.2) is 207 Å². The molecule has 0 amide bonds. The fourth-order valence-electron chi connectivity index (χ4n) is 6.14. The minimum atomic E-state index is -3.46. The van der Waals surface area contributed by atoms with Gasteiger partial charge in [-0.05, 0) is 42.5 Å². The van der Waals surface area contributed by atoms with E-state index in [2.05, 4.69) is 195 Å². The van der Waals surface area contributed by atoms with E-state index in [9.17, 15) is 0 Å². The fraction of sp³-hybridized carbons (Fsp3) is 0. The third-order valence-electron chi connectivity index (χ3n) is 8.28. The van der Waals surface area contributed by atoms with Gasteiger partial charge in [-0.1, -0.05) is 182 Å². The molecule has 0 heterocycles. The normalized spacial score (nSPS) is 11.9. The van der Waals surface area contributed by atoms with Crippen LogP contribution in [-0.2, 0) is 8.23 Å². The Morgan fingerprint density at radius 3 is 0.644 bits per heavy atom. The molecule has 6 rings (SSSR count). The molecule has 6 aromatic rings. The molecule has 0 spiro atoms. The van der Waals surface area contributed by atoms with Gasteiger partial charge in [0.05, 0.1) is 0 Å². The van der Waals surface area contributed by atoms with Gasteiger partial charge in [0.25, 0.3) is 16.6 Å². The molecule has 0 saturated heterocycles. The van der Waals surface area contributed by atoms with Gasteiger partial charge in [0.2, 0.25) is 0 Å². The Hall–Kier alpha value is -4.63. The first-order valence-corrected chi connectivity index (χ1v) is 21.0. The Labute approximate surface area is 270 Å². The summed E-state index contributed by atoms with van der Waals surface area (Å²) in [5.74, 6) is 0. The molecule has 45 heavy (non-hydrogen) atoms. The molecule has 0 aliphatic carbocycles. The second-order valence-corrected chi connectivity index (χ2v) is 21.0. The van der Waals surface area contributed by atoms with Crippen molar-refractivity contribution in [3.8, 4) is 0 Å². The van der Waals surface area contributed by atoms with Crippen molar-refractivity contribution in [1.29, 1.82) is 0 Å². The maximum Gasteiger partial charge on any atom is 0.371 e. The lowest BCUT2D eigenvalue weighted by molar-refractivity contribution is 0.427. The van der Waals surface area contributed by atoms with Crippen molar-refractivity contribution < 1.29 is 8.23 Å². The minimum absolute atomic E-state index is 1.14. The maximum absolute atomic E-state index is 7.86. The predicted molar refractivity (Wildman–Crippen MR) is 196 cm³/mol. The zero-order chi connectivity index (χ0) is 31.0. The van der Waals surface area contributed by atoms with Gasteiger partial charge in [0.1, 0.15) is 0 Å². The number of rotatable bonds is 12. The highest BCUT2D eigenvalue weighted by Crippen LogP contribution is 2.24. The van der Waals surface area contributed by atoms with Crippen molar-refractivity contribution in [2.75, 3.05) is 0 Å². The van der Waals surface area contributed by atoms with Crippen LogP contribution < -0.4 is 31.1 Å². The van der Waals surface area contributed by atoms with Crippen LogP contribution in [-0.4, -0.2) is 25.2 Å². The zero-order valence-corrected chi connectivity index (χ0v) is 28.2. The first kappa shape index (κ1) is 30.4. The van der Waals surface area contributed by atoms with Gasteiger partial charge in [0, 0.05) is 0 Å². The second kappa shape index (κ2) is 13.6. The predicted octanol–water partition coefficient (Wildman–Crippen LogP) is 5.25. The Morgan fingerprint density at radius 2 is 0.489 bits per heavy atom. The van der Waals surface area contributed by atoms with Gasteiger partial charge in [-0.15, -0.1) is 13.2 Å². The highest BCUT2D eigenvalue weighted by molar-refractivity contribution is 7.15. The summed E-state index contributed by atoms with van der Waals surface area (Å²) in [5, 5.41) is 6.82. The first-order valence-electron chi connectivity index (χ1n) is 15.2. The topological polar surface area (TPSA) is 18.5 Å². The third-order valence-corrected chi connectivity index (χ3v) is 21.3. The van der Waals surface area contributed by atoms with Crippen LogP contribution >= 0.6 is 0 Å². The van der Waals surface area contributed by atoms with Gasteiger partial charge in [-0.3, -0.25) is 0 Å². The van der Waals surface area contributed by atoms with Gasteiger partial charge in [0.15, 0.2) is 0 Å². The van der Waals surface area contributed by atoms with Crippen molar-refractivity contribution in [3.05, 3.63) is 207 Å². The van der Waals surface area contributed by atoms with Crippen molar-refractivity contribution in [2.45, 2.75) is 0 Å². The molecule has 0 aliphatic heterocycles. The van der Waals surface area contributed by atoms with E-state index in [1.165, 1.54) is 0 Å². The number of hydrogen-bond donors (Lipinski definition) is 0. The van der Waals surface area contributed by atoms with E-state index in [0.717, 1.165) is 31.1 Å². The van der Waals surface area contributed by atoms with E-state index < -0.39 is 25.2 Å². The molecular formula is C40H36O2Si3. The second-order valence-electron chi connectivity index (χ2n) is 10.9. The van der Waals surface area contributed by atoms with Crippen molar-refractivity contribution in [3.63, 3.8) is 0 Å². The van der Waals surface area contributed by atoms with Gasteiger partial charge in [-0.25, -0.2) is 0 Å². The smallest absolute Gasteiger partial charge is 0.371 e. The van der Waals surface area contributed by atoms with Gasteiger partial charge >= 0.3 is 8.56 Å². The molecule has 0 fully saturated rings. The molecule has 0 radical (unpaired) electrons. The Bertz CT molecular complexity index is 1480. The minimum Gasteiger partial charge on any atom is -0.419 e. The molecule has 0 saturated carbocycles. The molecule has 0 unspecified atom stereocenters. The van der Waals surface area contributed by atoms with Crippen LogP contribution in [0.1, 0.15) is 0 Å². The summed E-state index contributed by atoms with van der Waals surface area (Å²) < 4.78 is 15.7.